The van der Waals surface area contributed by atoms with Crippen LogP contribution in [-0.4, -0.2) is 26.8 Å². The number of para-hydroxylation sites is 1. The Balaban J connectivity index is 1.73. The summed E-state index contributed by atoms with van der Waals surface area (Å²) in [6.07, 6.45) is 0. The van der Waals surface area contributed by atoms with Crippen molar-refractivity contribution in [2.45, 2.75) is 18.2 Å². The van der Waals surface area contributed by atoms with E-state index in [4.69, 9.17) is 0 Å². The minimum atomic E-state index is -0.0615. The topological polar surface area (TPSA) is 67.8 Å². The van der Waals surface area contributed by atoms with Crippen LogP contribution in [0.15, 0.2) is 34.7 Å². The number of nitrogens with zero attached hydrogens (tertiary/aromatic N) is 3. The van der Waals surface area contributed by atoms with Gasteiger partial charge >= 0.3 is 0 Å². The Kier molecular flexibility index (Phi) is 4.35. The molecule has 3 rings (SSSR count). The molecule has 0 unspecified atom stereocenters. The van der Waals surface area contributed by atoms with Gasteiger partial charge in [-0.25, -0.2) is 0 Å². The number of nitrogens with one attached hydrogen (secondary N) is 1. The van der Waals surface area contributed by atoms with E-state index in [1.54, 1.807) is 0 Å². The number of fused-ring (bicyclic) bond motifs is 1. The molecule has 1 N–H and O–H groups in total. The van der Waals surface area contributed by atoms with Gasteiger partial charge in [0.2, 0.25) is 5.91 Å². The van der Waals surface area contributed by atoms with Gasteiger partial charge in [0.15, 0.2) is 4.34 Å². The molecule has 2 aromatic heterocycles. The Morgan fingerprint density at radius 3 is 2.86 bits per heavy atom. The first-order chi connectivity index (χ1) is 10.6. The Labute approximate surface area is 136 Å². The third-order valence-corrected chi connectivity index (χ3v) is 4.92. The molecule has 2 heterocycles. The molecule has 3 aromatic rings. The van der Waals surface area contributed by atoms with Crippen molar-refractivity contribution >= 4 is 45.6 Å². The van der Waals surface area contributed by atoms with Crippen molar-refractivity contribution in [2.75, 3.05) is 11.1 Å². The largest absolute Gasteiger partial charge is 0.325 e. The lowest BCUT2D eigenvalue weighted by molar-refractivity contribution is -0.113. The van der Waals surface area contributed by atoms with Crippen LogP contribution in [0, 0.1) is 13.8 Å². The van der Waals surface area contributed by atoms with Gasteiger partial charge < -0.3 is 5.32 Å². The summed E-state index contributed by atoms with van der Waals surface area (Å²) in [5.74, 6) is 0.248. The monoisotopic (exact) mass is 330 g/mol. The number of aromatic nitrogens is 3. The molecule has 0 aliphatic heterocycles. The van der Waals surface area contributed by atoms with E-state index in [-0.39, 0.29) is 5.91 Å². The zero-order chi connectivity index (χ0) is 15.5. The van der Waals surface area contributed by atoms with Gasteiger partial charge in [-0.15, -0.1) is 10.2 Å². The fraction of sp³-hybridized carbons (Fsp3) is 0.200. The van der Waals surface area contributed by atoms with E-state index < -0.39 is 0 Å². The van der Waals surface area contributed by atoms with Crippen LogP contribution in [0.25, 0.3) is 10.9 Å². The quantitative estimate of drug-likeness (QED) is 0.742. The number of amides is 1. The summed E-state index contributed by atoms with van der Waals surface area (Å²) in [4.78, 5) is 16.6. The van der Waals surface area contributed by atoms with Gasteiger partial charge in [-0.2, -0.15) is 0 Å². The predicted octanol–water partition coefficient (Wildman–Crippen LogP) is 3.43. The molecular weight excluding hydrogens is 316 g/mol. The lowest BCUT2D eigenvalue weighted by Gasteiger charge is -2.09. The highest BCUT2D eigenvalue weighted by Gasteiger charge is 2.10. The zero-order valence-corrected chi connectivity index (χ0v) is 13.8. The van der Waals surface area contributed by atoms with Gasteiger partial charge in [0.05, 0.1) is 17.0 Å². The molecule has 5 nitrogen and oxygen atoms in total. The summed E-state index contributed by atoms with van der Waals surface area (Å²) in [6, 6.07) is 9.66. The van der Waals surface area contributed by atoms with E-state index >= 15 is 0 Å². The second-order valence-corrected chi connectivity index (χ2v) is 7.16. The van der Waals surface area contributed by atoms with Crippen LogP contribution in [0.2, 0.25) is 0 Å². The lowest BCUT2D eigenvalue weighted by atomic mass is 10.1. The molecule has 0 spiro atoms. The summed E-state index contributed by atoms with van der Waals surface area (Å²) in [7, 11) is 0. The molecule has 22 heavy (non-hydrogen) atoms. The van der Waals surface area contributed by atoms with Crippen molar-refractivity contribution in [2.24, 2.45) is 0 Å². The molecule has 0 bridgehead atoms. The molecule has 0 fully saturated rings. The first kappa shape index (κ1) is 14.9. The van der Waals surface area contributed by atoms with Crippen molar-refractivity contribution in [3.8, 4) is 0 Å². The van der Waals surface area contributed by atoms with Crippen LogP contribution < -0.4 is 5.32 Å². The molecule has 0 aliphatic carbocycles. The summed E-state index contributed by atoms with van der Waals surface area (Å²) in [6.45, 7) is 3.81. The van der Waals surface area contributed by atoms with Crippen molar-refractivity contribution in [3.05, 3.63) is 41.0 Å². The van der Waals surface area contributed by atoms with Gasteiger partial charge in [-0.3, -0.25) is 9.78 Å². The minimum absolute atomic E-state index is 0.0615. The van der Waals surface area contributed by atoms with Crippen LogP contribution in [0.3, 0.4) is 0 Å². The molecule has 0 saturated heterocycles. The number of pyridine rings is 1. The standard InChI is InChI=1S/C15H14N4OS2/c1-9-7-13(11-5-3-4-6-12(11)16-9)17-14(20)8-21-15-19-18-10(2)22-15/h3-7H,8H2,1-2H3,(H,16,17,20). The van der Waals surface area contributed by atoms with E-state index in [1.165, 1.54) is 23.1 Å². The number of hydrogen-bond acceptors (Lipinski definition) is 6. The van der Waals surface area contributed by atoms with Crippen molar-refractivity contribution in [3.63, 3.8) is 0 Å². The average Bonchev–Trinajstić information content (AvgIpc) is 2.91. The van der Waals surface area contributed by atoms with Gasteiger partial charge in [0.1, 0.15) is 5.01 Å². The number of carbonyl (C=O) groups is 1. The maximum Gasteiger partial charge on any atom is 0.234 e. The van der Waals surface area contributed by atoms with Gasteiger partial charge in [-0.05, 0) is 26.0 Å². The van der Waals surface area contributed by atoms with E-state index in [1.807, 2.05) is 44.2 Å². The zero-order valence-electron chi connectivity index (χ0n) is 12.2. The number of thioether (sulfide) groups is 1. The fourth-order valence-electron chi connectivity index (χ4n) is 2.06. The molecule has 112 valence electrons. The first-order valence-electron chi connectivity index (χ1n) is 6.71. The van der Waals surface area contributed by atoms with Crippen molar-refractivity contribution in [1.29, 1.82) is 0 Å². The molecule has 1 aromatic carbocycles. The highest BCUT2D eigenvalue weighted by molar-refractivity contribution is 8.01. The highest BCUT2D eigenvalue weighted by atomic mass is 32.2. The maximum atomic E-state index is 12.2. The van der Waals surface area contributed by atoms with Gasteiger partial charge in [0, 0.05) is 11.1 Å². The Morgan fingerprint density at radius 1 is 1.27 bits per heavy atom. The van der Waals surface area contributed by atoms with Gasteiger partial charge in [-0.1, -0.05) is 41.3 Å². The van der Waals surface area contributed by atoms with Crippen molar-refractivity contribution < 1.29 is 4.79 Å². The Hall–Kier alpha value is -1.99. The van der Waals surface area contributed by atoms with E-state index in [0.29, 0.717) is 5.75 Å². The predicted molar refractivity (Wildman–Crippen MR) is 90.5 cm³/mol. The number of benzene rings is 1. The second-order valence-electron chi connectivity index (χ2n) is 4.75. The third-order valence-electron chi connectivity index (χ3n) is 2.95. The lowest BCUT2D eigenvalue weighted by Crippen LogP contribution is -2.14. The molecule has 0 radical (unpaired) electrons. The number of carbonyl (C=O) groups excluding carboxylic acids is 1. The molecule has 0 saturated carbocycles. The van der Waals surface area contributed by atoms with E-state index in [2.05, 4.69) is 20.5 Å². The van der Waals surface area contributed by atoms with E-state index in [0.717, 1.165) is 31.6 Å². The molecule has 0 atom stereocenters. The third kappa shape index (κ3) is 3.42. The number of anilines is 1. The molecular formula is C15H14N4OS2. The van der Waals surface area contributed by atoms with Crippen LogP contribution in [-0.2, 0) is 4.79 Å². The number of rotatable bonds is 4. The summed E-state index contributed by atoms with van der Waals surface area (Å²) < 4.78 is 0.809. The van der Waals surface area contributed by atoms with Crippen LogP contribution in [0.4, 0.5) is 5.69 Å². The summed E-state index contributed by atoms with van der Waals surface area (Å²) >= 11 is 2.89. The van der Waals surface area contributed by atoms with Crippen LogP contribution in [0.1, 0.15) is 10.7 Å². The minimum Gasteiger partial charge on any atom is -0.325 e. The molecule has 1 amide bonds. The SMILES string of the molecule is Cc1cc(NC(=O)CSc2nnc(C)s2)c2ccccc2n1. The van der Waals surface area contributed by atoms with Crippen LogP contribution in [0.5, 0.6) is 0 Å². The first-order valence-corrected chi connectivity index (χ1v) is 8.51. The molecule has 7 heteroatoms. The smallest absolute Gasteiger partial charge is 0.234 e. The maximum absolute atomic E-state index is 12.2. The second kappa shape index (κ2) is 6.41. The fourth-order valence-corrected chi connectivity index (χ4v) is 3.68. The van der Waals surface area contributed by atoms with Crippen LogP contribution >= 0.6 is 23.1 Å². The molecule has 0 aliphatic rings. The Bertz CT molecular complexity index is 831. The normalized spacial score (nSPS) is 10.8. The Morgan fingerprint density at radius 2 is 2.09 bits per heavy atom. The van der Waals surface area contributed by atoms with E-state index in [9.17, 15) is 4.79 Å². The number of hydrogen-bond donors (Lipinski definition) is 1. The van der Waals surface area contributed by atoms with Crippen molar-refractivity contribution in [1.82, 2.24) is 15.2 Å². The average molecular weight is 330 g/mol. The number of aryl methyl sites for hydroxylation is 2. The summed E-state index contributed by atoms with van der Waals surface area (Å²) in [5.41, 5.74) is 2.55. The summed E-state index contributed by atoms with van der Waals surface area (Å²) in [5, 5.41) is 12.7. The van der Waals surface area contributed by atoms with Gasteiger partial charge in [0.25, 0.3) is 0 Å². The highest BCUT2D eigenvalue weighted by Crippen LogP contribution is 2.25.